The summed E-state index contributed by atoms with van der Waals surface area (Å²) in [4.78, 5) is 2.65. The van der Waals surface area contributed by atoms with E-state index in [2.05, 4.69) is 146 Å². The van der Waals surface area contributed by atoms with Crippen molar-refractivity contribution in [1.29, 1.82) is 0 Å². The van der Waals surface area contributed by atoms with Crippen LogP contribution in [0.1, 0.15) is 0 Å². The van der Waals surface area contributed by atoms with Gasteiger partial charge in [0.25, 0.3) is 0 Å². The number of hydrogen-bond acceptors (Lipinski definition) is 1. The molecule has 0 amide bonds. The van der Waals surface area contributed by atoms with Crippen LogP contribution in [0.15, 0.2) is 146 Å². The molecule has 1 aromatic heterocycles. The Bertz CT molecular complexity index is 2120. The Hall–Kier alpha value is -4.72. The van der Waals surface area contributed by atoms with E-state index in [0.717, 1.165) is 0 Å². The van der Waals surface area contributed by atoms with Gasteiger partial charge in [-0.25, -0.2) is 0 Å². The van der Waals surface area contributed by atoms with Gasteiger partial charge in [-0.05, 0) is 55.1 Å². The van der Waals surface area contributed by atoms with Crippen LogP contribution in [0, 0.1) is 0 Å². The smallest absolute Gasteiger partial charge is 0.0434 e. The van der Waals surface area contributed by atoms with Crippen molar-refractivity contribution in [3.63, 3.8) is 0 Å². The normalized spacial score (nSPS) is 11.6. The molecule has 0 radical (unpaired) electrons. The van der Waals surface area contributed by atoms with Gasteiger partial charge in [-0.2, -0.15) is 0 Å². The Labute approximate surface area is 231 Å². The first-order chi connectivity index (χ1) is 19.4. The first-order valence-electron chi connectivity index (χ1n) is 13.4. The van der Waals surface area contributed by atoms with Gasteiger partial charge in [0.05, 0.1) is 0 Å². The van der Waals surface area contributed by atoms with Crippen LogP contribution in [0.3, 0.4) is 0 Å². The van der Waals surface area contributed by atoms with Gasteiger partial charge in [0.1, 0.15) is 0 Å². The largest absolute Gasteiger partial charge is 0.134 e. The lowest BCUT2D eigenvalue weighted by molar-refractivity contribution is 1.62. The SMILES string of the molecule is c1ccc(-c2cccc(-c3sc(-c4cccc5c6ccccc6c6ccccc6c45)c4ccccc34)c2)cc1. The zero-order valence-corrected chi connectivity index (χ0v) is 22.1. The third-order valence-corrected chi connectivity index (χ3v) is 9.17. The molecule has 0 N–H and O–H groups in total. The van der Waals surface area contributed by atoms with Crippen molar-refractivity contribution in [3.05, 3.63) is 146 Å². The van der Waals surface area contributed by atoms with Gasteiger partial charge in [-0.1, -0.05) is 140 Å². The monoisotopic (exact) mass is 512 g/mol. The lowest BCUT2D eigenvalue weighted by Gasteiger charge is -2.13. The van der Waals surface area contributed by atoms with Gasteiger partial charge in [0.2, 0.25) is 0 Å². The average molecular weight is 513 g/mol. The van der Waals surface area contributed by atoms with Crippen molar-refractivity contribution < 1.29 is 0 Å². The molecule has 0 aliphatic rings. The van der Waals surface area contributed by atoms with E-state index >= 15 is 0 Å². The van der Waals surface area contributed by atoms with Crippen molar-refractivity contribution >= 4 is 54.4 Å². The number of hydrogen-bond donors (Lipinski definition) is 0. The van der Waals surface area contributed by atoms with E-state index in [1.807, 2.05) is 11.3 Å². The van der Waals surface area contributed by atoms with Gasteiger partial charge in [-0.15, -0.1) is 11.3 Å². The van der Waals surface area contributed by atoms with Crippen LogP contribution in [-0.2, 0) is 0 Å². The molecule has 0 saturated carbocycles. The molecule has 7 aromatic carbocycles. The summed E-state index contributed by atoms with van der Waals surface area (Å²) in [6.07, 6.45) is 0. The first-order valence-corrected chi connectivity index (χ1v) is 14.2. The molecular weight excluding hydrogens is 488 g/mol. The topological polar surface area (TPSA) is 0 Å². The van der Waals surface area contributed by atoms with Gasteiger partial charge in [0, 0.05) is 26.1 Å². The van der Waals surface area contributed by atoms with Crippen LogP contribution in [0.4, 0.5) is 0 Å². The number of fused-ring (bicyclic) bond motifs is 7. The lowest BCUT2D eigenvalue weighted by atomic mass is 9.90. The fourth-order valence-corrected chi connectivity index (χ4v) is 7.43. The van der Waals surface area contributed by atoms with E-state index in [4.69, 9.17) is 0 Å². The number of thiophene rings is 1. The summed E-state index contributed by atoms with van der Waals surface area (Å²) in [6.45, 7) is 0. The highest BCUT2D eigenvalue weighted by Crippen LogP contribution is 2.48. The zero-order valence-electron chi connectivity index (χ0n) is 21.3. The minimum atomic E-state index is 1.24. The summed E-state index contributed by atoms with van der Waals surface area (Å²) in [5.74, 6) is 0. The second-order valence-electron chi connectivity index (χ2n) is 10.1. The van der Waals surface area contributed by atoms with E-state index < -0.39 is 0 Å². The predicted octanol–water partition coefficient (Wildman–Crippen LogP) is 11.4. The zero-order chi connectivity index (χ0) is 25.8. The van der Waals surface area contributed by atoms with Crippen LogP contribution in [0.2, 0.25) is 0 Å². The third kappa shape index (κ3) is 3.51. The summed E-state index contributed by atoms with van der Waals surface area (Å²) < 4.78 is 0. The minimum absolute atomic E-state index is 1.24. The molecule has 0 spiro atoms. The van der Waals surface area contributed by atoms with E-state index in [1.165, 1.54) is 75.1 Å². The van der Waals surface area contributed by atoms with Crippen LogP contribution < -0.4 is 0 Å². The fraction of sp³-hybridized carbons (Fsp3) is 0. The van der Waals surface area contributed by atoms with Crippen molar-refractivity contribution in [2.45, 2.75) is 0 Å². The van der Waals surface area contributed by atoms with Crippen molar-refractivity contribution in [1.82, 2.24) is 0 Å². The molecule has 0 saturated heterocycles. The molecule has 182 valence electrons. The van der Waals surface area contributed by atoms with Gasteiger partial charge in [-0.3, -0.25) is 0 Å². The number of rotatable bonds is 3. The third-order valence-electron chi connectivity index (χ3n) is 7.87. The fourth-order valence-electron chi connectivity index (χ4n) is 6.12. The Morgan fingerprint density at radius 2 is 0.769 bits per heavy atom. The minimum Gasteiger partial charge on any atom is -0.134 e. The quantitative estimate of drug-likeness (QED) is 0.207. The van der Waals surface area contributed by atoms with E-state index in [1.54, 1.807) is 0 Å². The summed E-state index contributed by atoms with van der Waals surface area (Å²) in [6, 6.07) is 53.0. The Kier molecular flexibility index (Phi) is 5.11. The molecule has 1 heterocycles. The predicted molar refractivity (Wildman–Crippen MR) is 171 cm³/mol. The van der Waals surface area contributed by atoms with Crippen LogP contribution in [0.5, 0.6) is 0 Å². The van der Waals surface area contributed by atoms with E-state index in [9.17, 15) is 0 Å². The lowest BCUT2D eigenvalue weighted by Crippen LogP contribution is -1.86. The molecule has 0 atom stereocenters. The first kappa shape index (κ1) is 22.3. The van der Waals surface area contributed by atoms with E-state index in [-0.39, 0.29) is 0 Å². The van der Waals surface area contributed by atoms with Gasteiger partial charge >= 0.3 is 0 Å². The van der Waals surface area contributed by atoms with Gasteiger partial charge < -0.3 is 0 Å². The summed E-state index contributed by atoms with van der Waals surface area (Å²) in [7, 11) is 0. The maximum atomic E-state index is 2.34. The summed E-state index contributed by atoms with van der Waals surface area (Å²) in [5.41, 5.74) is 5.06. The Morgan fingerprint density at radius 1 is 0.308 bits per heavy atom. The van der Waals surface area contributed by atoms with Crippen LogP contribution in [-0.4, -0.2) is 0 Å². The average Bonchev–Trinajstić information content (AvgIpc) is 3.41. The van der Waals surface area contributed by atoms with Crippen LogP contribution >= 0.6 is 11.3 Å². The molecule has 0 bridgehead atoms. The summed E-state index contributed by atoms with van der Waals surface area (Å²) >= 11 is 1.91. The second-order valence-corrected chi connectivity index (χ2v) is 11.1. The maximum Gasteiger partial charge on any atom is 0.0434 e. The molecule has 8 rings (SSSR count). The highest BCUT2D eigenvalue weighted by Gasteiger charge is 2.18. The number of benzene rings is 7. The summed E-state index contributed by atoms with van der Waals surface area (Å²) in [5, 5.41) is 10.5. The van der Waals surface area contributed by atoms with Crippen molar-refractivity contribution in [2.75, 3.05) is 0 Å². The van der Waals surface area contributed by atoms with Crippen LogP contribution in [0.25, 0.3) is 75.1 Å². The second kappa shape index (κ2) is 8.94. The molecular formula is C38H24S. The van der Waals surface area contributed by atoms with E-state index in [0.29, 0.717) is 0 Å². The highest BCUT2D eigenvalue weighted by atomic mass is 32.1. The Morgan fingerprint density at radius 3 is 1.46 bits per heavy atom. The molecule has 0 unspecified atom stereocenters. The van der Waals surface area contributed by atoms with Crippen molar-refractivity contribution in [3.8, 4) is 32.0 Å². The molecule has 0 aliphatic carbocycles. The molecule has 0 fully saturated rings. The molecule has 39 heavy (non-hydrogen) atoms. The molecule has 0 aliphatic heterocycles. The maximum absolute atomic E-state index is 2.34. The Balaban J connectivity index is 1.44. The highest BCUT2D eigenvalue weighted by molar-refractivity contribution is 7.21. The molecule has 0 nitrogen and oxygen atoms in total. The molecule has 1 heteroatoms. The van der Waals surface area contributed by atoms with Crippen molar-refractivity contribution in [2.24, 2.45) is 0 Å². The molecule has 8 aromatic rings. The standard InChI is InChI=1S/C38H24S/c1-2-12-25(13-3-1)26-14-10-15-27(24-26)37-33-20-8-9-21-34(33)38(39-37)35-23-11-22-32-30-17-5-4-16-28(30)29-18-6-7-19-31(29)36(32)35/h1-24H. The van der Waals surface area contributed by atoms with Gasteiger partial charge in [0.15, 0.2) is 0 Å².